The van der Waals surface area contributed by atoms with Crippen molar-refractivity contribution in [2.45, 2.75) is 64.7 Å². The van der Waals surface area contributed by atoms with Crippen molar-refractivity contribution in [1.82, 2.24) is 5.32 Å². The van der Waals surface area contributed by atoms with Crippen molar-refractivity contribution >= 4 is 0 Å². The van der Waals surface area contributed by atoms with E-state index in [1.54, 1.807) is 7.11 Å². The number of fused-ring (bicyclic) bond motifs is 2. The second-order valence-corrected chi connectivity index (χ2v) is 6.92. The molecule has 112 valence electrons. The zero-order valence-corrected chi connectivity index (χ0v) is 13.0. The summed E-state index contributed by atoms with van der Waals surface area (Å²) in [7, 11) is 1.79. The Labute approximate surface area is 119 Å². The van der Waals surface area contributed by atoms with Crippen molar-refractivity contribution in [3.05, 3.63) is 0 Å². The van der Waals surface area contributed by atoms with Gasteiger partial charge in [-0.2, -0.15) is 0 Å². The first kappa shape index (κ1) is 15.3. The SMILES string of the molecule is CCCCCCC1(CNCCOC)CC2CCC1C2. The van der Waals surface area contributed by atoms with Crippen LogP contribution in [-0.4, -0.2) is 26.8 Å². The molecule has 19 heavy (non-hydrogen) atoms. The van der Waals surface area contributed by atoms with E-state index in [1.807, 2.05) is 0 Å². The Bertz CT molecular complexity index is 242. The van der Waals surface area contributed by atoms with Crippen LogP contribution in [-0.2, 0) is 4.74 Å². The van der Waals surface area contributed by atoms with Gasteiger partial charge in [0.2, 0.25) is 0 Å². The monoisotopic (exact) mass is 267 g/mol. The van der Waals surface area contributed by atoms with Crippen molar-refractivity contribution in [2.75, 3.05) is 26.8 Å². The Morgan fingerprint density at radius 1 is 1.21 bits per heavy atom. The molecule has 2 bridgehead atoms. The van der Waals surface area contributed by atoms with Gasteiger partial charge in [0, 0.05) is 20.2 Å². The molecule has 0 amide bonds. The number of nitrogens with one attached hydrogen (secondary N) is 1. The third-order valence-electron chi connectivity index (χ3n) is 5.59. The van der Waals surface area contributed by atoms with Gasteiger partial charge in [0.25, 0.3) is 0 Å². The van der Waals surface area contributed by atoms with Crippen molar-refractivity contribution in [3.63, 3.8) is 0 Å². The molecular formula is C17H33NO. The molecule has 2 nitrogen and oxygen atoms in total. The Kier molecular flexibility index (Phi) is 6.15. The molecule has 2 aliphatic rings. The number of hydrogen-bond donors (Lipinski definition) is 1. The molecule has 0 heterocycles. The predicted octanol–water partition coefficient (Wildman–Crippen LogP) is 4.00. The zero-order chi connectivity index (χ0) is 13.6. The number of hydrogen-bond acceptors (Lipinski definition) is 2. The molecule has 0 spiro atoms. The normalized spacial score (nSPS) is 33.2. The predicted molar refractivity (Wildman–Crippen MR) is 81.4 cm³/mol. The van der Waals surface area contributed by atoms with Gasteiger partial charge >= 0.3 is 0 Å². The summed E-state index contributed by atoms with van der Waals surface area (Å²) in [5.74, 6) is 2.08. The average Bonchev–Trinajstić information content (AvgIpc) is 3.01. The van der Waals surface area contributed by atoms with Gasteiger partial charge in [-0.25, -0.2) is 0 Å². The van der Waals surface area contributed by atoms with Crippen molar-refractivity contribution < 1.29 is 4.74 Å². The lowest BCUT2D eigenvalue weighted by atomic mass is 9.69. The maximum absolute atomic E-state index is 5.15. The minimum atomic E-state index is 0.643. The van der Waals surface area contributed by atoms with E-state index in [1.165, 1.54) is 64.3 Å². The fourth-order valence-corrected chi connectivity index (χ4v) is 4.58. The smallest absolute Gasteiger partial charge is 0.0587 e. The van der Waals surface area contributed by atoms with Crippen LogP contribution in [0.4, 0.5) is 0 Å². The van der Waals surface area contributed by atoms with E-state index in [9.17, 15) is 0 Å². The molecule has 0 aliphatic heterocycles. The Balaban J connectivity index is 1.79. The fraction of sp³-hybridized carbons (Fsp3) is 1.00. The van der Waals surface area contributed by atoms with E-state index in [-0.39, 0.29) is 0 Å². The number of ether oxygens (including phenoxy) is 1. The van der Waals surface area contributed by atoms with Gasteiger partial charge in [0.05, 0.1) is 6.61 Å². The lowest BCUT2D eigenvalue weighted by molar-refractivity contribution is 0.130. The van der Waals surface area contributed by atoms with Gasteiger partial charge < -0.3 is 10.1 Å². The summed E-state index contributed by atoms with van der Waals surface area (Å²) in [4.78, 5) is 0. The van der Waals surface area contributed by atoms with Crippen molar-refractivity contribution in [1.29, 1.82) is 0 Å². The number of methoxy groups -OCH3 is 1. The summed E-state index contributed by atoms with van der Waals surface area (Å²) in [6.07, 6.45) is 13.2. The molecule has 2 fully saturated rings. The van der Waals surface area contributed by atoms with Gasteiger partial charge in [-0.15, -0.1) is 0 Å². The maximum atomic E-state index is 5.15. The standard InChI is InChI=1S/C17H33NO/c1-3-4-5-6-9-17(14-18-10-11-19-2)13-15-7-8-16(17)12-15/h15-16,18H,3-14H2,1-2H3. The van der Waals surface area contributed by atoms with Gasteiger partial charge in [-0.1, -0.05) is 39.0 Å². The Morgan fingerprint density at radius 3 is 2.74 bits per heavy atom. The van der Waals surface area contributed by atoms with E-state index < -0.39 is 0 Å². The Hall–Kier alpha value is -0.0800. The first-order chi connectivity index (χ1) is 9.30. The van der Waals surface area contributed by atoms with Crippen LogP contribution in [0.25, 0.3) is 0 Å². The fourth-order valence-electron chi connectivity index (χ4n) is 4.58. The molecule has 1 N–H and O–H groups in total. The van der Waals surface area contributed by atoms with Crippen LogP contribution in [0.3, 0.4) is 0 Å². The molecule has 3 atom stereocenters. The molecule has 2 saturated carbocycles. The maximum Gasteiger partial charge on any atom is 0.0587 e. The van der Waals surface area contributed by atoms with Crippen LogP contribution < -0.4 is 5.32 Å². The first-order valence-corrected chi connectivity index (χ1v) is 8.50. The van der Waals surface area contributed by atoms with E-state index in [4.69, 9.17) is 4.74 Å². The van der Waals surface area contributed by atoms with Gasteiger partial charge in [0.1, 0.15) is 0 Å². The van der Waals surface area contributed by atoms with Crippen LogP contribution in [0.2, 0.25) is 0 Å². The third-order valence-corrected chi connectivity index (χ3v) is 5.59. The van der Waals surface area contributed by atoms with Crippen LogP contribution >= 0.6 is 0 Å². The molecule has 2 rings (SSSR count). The van der Waals surface area contributed by atoms with Gasteiger partial charge in [0.15, 0.2) is 0 Å². The van der Waals surface area contributed by atoms with E-state index in [2.05, 4.69) is 12.2 Å². The Morgan fingerprint density at radius 2 is 2.11 bits per heavy atom. The summed E-state index contributed by atoms with van der Waals surface area (Å²) in [5.41, 5.74) is 0.643. The second-order valence-electron chi connectivity index (χ2n) is 6.92. The number of rotatable bonds is 10. The first-order valence-electron chi connectivity index (χ1n) is 8.50. The van der Waals surface area contributed by atoms with E-state index >= 15 is 0 Å². The molecular weight excluding hydrogens is 234 g/mol. The highest BCUT2D eigenvalue weighted by Gasteiger charge is 2.49. The highest BCUT2D eigenvalue weighted by molar-refractivity contribution is 5.01. The molecule has 3 unspecified atom stereocenters. The summed E-state index contributed by atoms with van der Waals surface area (Å²) in [5, 5.41) is 3.67. The lowest BCUT2D eigenvalue weighted by Crippen LogP contribution is -2.39. The zero-order valence-electron chi connectivity index (χ0n) is 13.0. The van der Waals surface area contributed by atoms with E-state index in [0.717, 1.165) is 25.0 Å². The largest absolute Gasteiger partial charge is 0.383 e. The minimum Gasteiger partial charge on any atom is -0.383 e. The topological polar surface area (TPSA) is 21.3 Å². The minimum absolute atomic E-state index is 0.643. The van der Waals surface area contributed by atoms with Gasteiger partial charge in [-0.3, -0.25) is 0 Å². The third kappa shape index (κ3) is 3.95. The molecule has 0 aromatic heterocycles. The molecule has 0 radical (unpaired) electrons. The van der Waals surface area contributed by atoms with Crippen LogP contribution in [0, 0.1) is 17.3 Å². The summed E-state index contributed by atoms with van der Waals surface area (Å²) in [6.45, 7) is 5.41. The highest BCUT2D eigenvalue weighted by Crippen LogP contribution is 2.57. The van der Waals surface area contributed by atoms with Crippen LogP contribution in [0.5, 0.6) is 0 Å². The molecule has 0 saturated heterocycles. The van der Waals surface area contributed by atoms with Crippen LogP contribution in [0.15, 0.2) is 0 Å². The van der Waals surface area contributed by atoms with Crippen molar-refractivity contribution in [3.8, 4) is 0 Å². The summed E-state index contributed by atoms with van der Waals surface area (Å²) >= 11 is 0. The van der Waals surface area contributed by atoms with Crippen molar-refractivity contribution in [2.24, 2.45) is 17.3 Å². The summed E-state index contributed by atoms with van der Waals surface area (Å²) in [6, 6.07) is 0. The molecule has 2 aliphatic carbocycles. The second kappa shape index (κ2) is 7.64. The van der Waals surface area contributed by atoms with E-state index in [0.29, 0.717) is 5.41 Å². The average molecular weight is 267 g/mol. The highest BCUT2D eigenvalue weighted by atomic mass is 16.5. The quantitative estimate of drug-likeness (QED) is 0.604. The lowest BCUT2D eigenvalue weighted by Gasteiger charge is -2.38. The van der Waals surface area contributed by atoms with Crippen LogP contribution in [0.1, 0.15) is 64.7 Å². The van der Waals surface area contributed by atoms with Gasteiger partial charge in [-0.05, 0) is 42.9 Å². The molecule has 0 aromatic carbocycles. The molecule has 2 heteroatoms. The molecule has 0 aromatic rings. The summed E-state index contributed by atoms with van der Waals surface area (Å²) < 4.78 is 5.15. The number of unbranched alkanes of at least 4 members (excludes halogenated alkanes) is 3.